The number of hydrogen-bond donors (Lipinski definition) is 3. The number of nitrogens with zero attached hydrogens (tertiary/aromatic N) is 2. The van der Waals surface area contributed by atoms with Gasteiger partial charge in [-0.1, -0.05) is 29.5 Å². The molecule has 7 heteroatoms. The van der Waals surface area contributed by atoms with E-state index in [9.17, 15) is 9.90 Å². The van der Waals surface area contributed by atoms with Crippen molar-refractivity contribution in [1.82, 2.24) is 14.9 Å². The Kier molecular flexibility index (Phi) is 4.35. The van der Waals surface area contributed by atoms with Crippen molar-refractivity contribution in [2.45, 2.75) is 31.2 Å². The summed E-state index contributed by atoms with van der Waals surface area (Å²) in [5.74, 6) is 0. The minimum absolute atomic E-state index is 0.0177. The Morgan fingerprint density at radius 1 is 1.27 bits per heavy atom. The summed E-state index contributed by atoms with van der Waals surface area (Å²) in [7, 11) is 0. The fraction of sp³-hybridized carbons (Fsp3) is 0.400. The molecule has 2 amide bonds. The van der Waals surface area contributed by atoms with Crippen LogP contribution < -0.4 is 10.6 Å². The van der Waals surface area contributed by atoms with E-state index < -0.39 is 5.54 Å². The summed E-state index contributed by atoms with van der Waals surface area (Å²) >= 11 is 1.30. The van der Waals surface area contributed by atoms with E-state index in [1.165, 1.54) is 11.5 Å². The number of amides is 2. The predicted octanol–water partition coefficient (Wildman–Crippen LogP) is 2.63. The molecular formula is C15H18N4O2S. The lowest BCUT2D eigenvalue weighted by atomic mass is 9.99. The van der Waals surface area contributed by atoms with Crippen LogP contribution in [0.25, 0.3) is 11.3 Å². The number of nitrogens with one attached hydrogen (secondary N) is 2. The molecule has 0 unspecified atom stereocenters. The first kappa shape index (κ1) is 14.9. The van der Waals surface area contributed by atoms with Gasteiger partial charge in [0.1, 0.15) is 5.69 Å². The van der Waals surface area contributed by atoms with Gasteiger partial charge in [-0.15, -0.1) is 5.10 Å². The van der Waals surface area contributed by atoms with Crippen LogP contribution in [0, 0.1) is 0 Å². The van der Waals surface area contributed by atoms with Crippen LogP contribution in [0.2, 0.25) is 0 Å². The third kappa shape index (κ3) is 3.26. The Hall–Kier alpha value is -1.99. The highest BCUT2D eigenvalue weighted by atomic mass is 32.1. The Balaban J connectivity index is 1.62. The highest BCUT2D eigenvalue weighted by Crippen LogP contribution is 2.29. The third-order valence-corrected chi connectivity index (χ3v) is 4.55. The fourth-order valence-electron chi connectivity index (χ4n) is 2.79. The molecule has 0 spiro atoms. The fourth-order valence-corrected chi connectivity index (χ4v) is 3.26. The summed E-state index contributed by atoms with van der Waals surface area (Å²) in [5, 5.41) is 21.1. The number of hydrogen-bond acceptors (Lipinski definition) is 5. The SMILES string of the molecule is O=C(Nc1ccc(-c2csnn2)cc1)NC1(CO)CCCC1. The number of carbonyl (C=O) groups excluding carboxylic acids is 1. The van der Waals surface area contributed by atoms with E-state index in [-0.39, 0.29) is 12.6 Å². The molecule has 22 heavy (non-hydrogen) atoms. The van der Waals surface area contributed by atoms with Crippen molar-refractivity contribution in [3.63, 3.8) is 0 Å². The van der Waals surface area contributed by atoms with Gasteiger partial charge < -0.3 is 15.7 Å². The van der Waals surface area contributed by atoms with Crippen LogP contribution in [0.5, 0.6) is 0 Å². The molecule has 3 rings (SSSR count). The van der Waals surface area contributed by atoms with Gasteiger partial charge in [0.2, 0.25) is 0 Å². The zero-order valence-electron chi connectivity index (χ0n) is 12.1. The molecule has 6 nitrogen and oxygen atoms in total. The predicted molar refractivity (Wildman–Crippen MR) is 85.8 cm³/mol. The van der Waals surface area contributed by atoms with Gasteiger partial charge >= 0.3 is 6.03 Å². The van der Waals surface area contributed by atoms with Crippen molar-refractivity contribution in [1.29, 1.82) is 0 Å². The molecule has 3 N–H and O–H groups in total. The van der Waals surface area contributed by atoms with Crippen molar-refractivity contribution in [3.8, 4) is 11.3 Å². The molecule has 0 saturated heterocycles. The number of carbonyl (C=O) groups is 1. The highest BCUT2D eigenvalue weighted by Gasteiger charge is 2.34. The van der Waals surface area contributed by atoms with Gasteiger partial charge in [-0.2, -0.15) is 0 Å². The lowest BCUT2D eigenvalue weighted by Crippen LogP contribution is -2.50. The average Bonchev–Trinajstić information content (AvgIpc) is 3.20. The number of anilines is 1. The van der Waals surface area contributed by atoms with Gasteiger partial charge in [-0.3, -0.25) is 0 Å². The molecule has 0 aliphatic heterocycles. The van der Waals surface area contributed by atoms with Crippen LogP contribution in [0.15, 0.2) is 29.6 Å². The summed E-state index contributed by atoms with van der Waals surface area (Å²) < 4.78 is 3.83. The summed E-state index contributed by atoms with van der Waals surface area (Å²) in [6, 6.07) is 7.16. The van der Waals surface area contributed by atoms with Crippen molar-refractivity contribution < 1.29 is 9.90 Å². The van der Waals surface area contributed by atoms with Gasteiger partial charge in [0.05, 0.1) is 12.1 Å². The molecule has 0 radical (unpaired) electrons. The maximum absolute atomic E-state index is 12.1. The van der Waals surface area contributed by atoms with E-state index in [4.69, 9.17) is 0 Å². The van der Waals surface area contributed by atoms with Crippen molar-refractivity contribution >= 4 is 23.3 Å². The van der Waals surface area contributed by atoms with E-state index in [0.29, 0.717) is 5.69 Å². The summed E-state index contributed by atoms with van der Waals surface area (Å²) in [5.41, 5.74) is 2.03. The quantitative estimate of drug-likeness (QED) is 0.809. The first-order valence-electron chi connectivity index (χ1n) is 7.28. The maximum Gasteiger partial charge on any atom is 0.319 e. The second kappa shape index (κ2) is 6.41. The topological polar surface area (TPSA) is 87.1 Å². The van der Waals surface area contributed by atoms with Gasteiger partial charge in [0, 0.05) is 16.6 Å². The summed E-state index contributed by atoms with van der Waals surface area (Å²) in [6.45, 7) is -0.0177. The second-order valence-corrected chi connectivity index (χ2v) is 6.20. The zero-order valence-corrected chi connectivity index (χ0v) is 12.9. The summed E-state index contributed by atoms with van der Waals surface area (Å²) in [6.07, 6.45) is 3.73. The average molecular weight is 318 g/mol. The van der Waals surface area contributed by atoms with Crippen LogP contribution in [0.4, 0.5) is 10.5 Å². The van der Waals surface area contributed by atoms with E-state index >= 15 is 0 Å². The van der Waals surface area contributed by atoms with Crippen molar-refractivity contribution in [3.05, 3.63) is 29.6 Å². The molecule has 1 saturated carbocycles. The van der Waals surface area contributed by atoms with Gasteiger partial charge in [0.15, 0.2) is 0 Å². The van der Waals surface area contributed by atoms with Crippen LogP contribution in [0.1, 0.15) is 25.7 Å². The Morgan fingerprint density at radius 3 is 2.59 bits per heavy atom. The third-order valence-electron chi connectivity index (χ3n) is 4.04. The number of aromatic nitrogens is 2. The Morgan fingerprint density at radius 2 is 2.00 bits per heavy atom. The van der Waals surface area contributed by atoms with Gasteiger partial charge in [-0.25, -0.2) is 4.79 Å². The molecule has 0 atom stereocenters. The largest absolute Gasteiger partial charge is 0.394 e. The van der Waals surface area contributed by atoms with Crippen molar-refractivity contribution in [2.75, 3.05) is 11.9 Å². The molecule has 2 aromatic rings. The van der Waals surface area contributed by atoms with Gasteiger partial charge in [0.25, 0.3) is 0 Å². The number of aliphatic hydroxyl groups excluding tert-OH is 1. The minimum atomic E-state index is -0.462. The minimum Gasteiger partial charge on any atom is -0.394 e. The molecule has 1 heterocycles. The van der Waals surface area contributed by atoms with E-state index in [1.807, 2.05) is 29.6 Å². The standard InChI is InChI=1S/C15H18N4O2S/c20-10-15(7-1-2-8-15)17-14(21)16-12-5-3-11(4-6-12)13-9-22-19-18-13/h3-6,9,20H,1-2,7-8,10H2,(H2,16,17,21). The second-order valence-electron chi connectivity index (χ2n) is 5.59. The smallest absolute Gasteiger partial charge is 0.319 e. The van der Waals surface area contributed by atoms with E-state index in [0.717, 1.165) is 36.9 Å². The number of benzene rings is 1. The van der Waals surface area contributed by atoms with E-state index in [1.54, 1.807) is 0 Å². The Labute approximate surface area is 132 Å². The molecule has 1 aliphatic rings. The lowest BCUT2D eigenvalue weighted by Gasteiger charge is -2.27. The number of urea groups is 1. The molecule has 1 aromatic heterocycles. The molecular weight excluding hydrogens is 300 g/mol. The Bertz CT molecular complexity index is 622. The first-order valence-corrected chi connectivity index (χ1v) is 8.12. The molecule has 116 valence electrons. The van der Waals surface area contributed by atoms with Crippen LogP contribution in [0.3, 0.4) is 0 Å². The first-order chi connectivity index (χ1) is 10.7. The zero-order chi connectivity index (χ0) is 15.4. The lowest BCUT2D eigenvalue weighted by molar-refractivity contribution is 0.167. The molecule has 1 aliphatic carbocycles. The normalized spacial score (nSPS) is 16.4. The molecule has 1 aromatic carbocycles. The van der Waals surface area contributed by atoms with Crippen LogP contribution in [-0.4, -0.2) is 32.9 Å². The van der Waals surface area contributed by atoms with Crippen molar-refractivity contribution in [2.24, 2.45) is 0 Å². The maximum atomic E-state index is 12.1. The summed E-state index contributed by atoms with van der Waals surface area (Å²) in [4.78, 5) is 12.1. The molecule has 1 fully saturated rings. The van der Waals surface area contributed by atoms with Crippen LogP contribution in [-0.2, 0) is 0 Å². The van der Waals surface area contributed by atoms with Crippen LogP contribution >= 0.6 is 11.5 Å². The number of aliphatic hydroxyl groups is 1. The monoisotopic (exact) mass is 318 g/mol. The van der Waals surface area contributed by atoms with E-state index in [2.05, 4.69) is 20.2 Å². The highest BCUT2D eigenvalue weighted by molar-refractivity contribution is 7.03. The molecule has 0 bridgehead atoms. The van der Waals surface area contributed by atoms with Gasteiger partial charge in [-0.05, 0) is 36.5 Å². The number of rotatable bonds is 4.